The summed E-state index contributed by atoms with van der Waals surface area (Å²) in [6, 6.07) is -0.567. The molecule has 1 aliphatic rings. The first-order chi connectivity index (χ1) is 7.24. The number of nitrogens with zero attached hydrogens (tertiary/aromatic N) is 1. The Kier molecular flexibility index (Phi) is 5.15. The highest BCUT2D eigenvalue weighted by atomic mass is 16.2. The van der Waals surface area contributed by atoms with E-state index < -0.39 is 6.03 Å². The topological polar surface area (TPSA) is 67.5 Å². The van der Waals surface area contributed by atoms with Crippen LogP contribution in [0.25, 0.3) is 0 Å². The number of carbonyl (C=O) groups is 1. The Morgan fingerprint density at radius 3 is 3.07 bits per heavy atom. The lowest BCUT2D eigenvalue weighted by Crippen LogP contribution is -2.29. The number of primary amides is 1. The highest BCUT2D eigenvalue weighted by Gasteiger charge is 2.19. The average molecular weight is 211 g/mol. The molecule has 1 atom stereocenters. The van der Waals surface area contributed by atoms with Gasteiger partial charge in [-0.2, -0.15) is 5.10 Å². The van der Waals surface area contributed by atoms with Gasteiger partial charge in [-0.15, -0.1) is 0 Å². The van der Waals surface area contributed by atoms with Gasteiger partial charge in [0, 0.05) is 5.71 Å². The number of rotatable bonds is 4. The number of hydrazone groups is 1. The Labute approximate surface area is 91.3 Å². The SMILES string of the molecule is CCCCC1CCCCC1=NNC(N)=O. The fourth-order valence-electron chi connectivity index (χ4n) is 2.10. The minimum Gasteiger partial charge on any atom is -0.350 e. The standard InChI is InChI=1S/C11H21N3O/c1-2-3-6-9-7-4-5-8-10(9)13-14-11(12)15/h9H,2-8H2,1H3,(H3,12,14,15). The van der Waals surface area contributed by atoms with E-state index in [2.05, 4.69) is 17.5 Å². The van der Waals surface area contributed by atoms with Gasteiger partial charge in [-0.25, -0.2) is 10.2 Å². The molecule has 1 rings (SSSR count). The summed E-state index contributed by atoms with van der Waals surface area (Å²) in [4.78, 5) is 10.6. The van der Waals surface area contributed by atoms with Gasteiger partial charge >= 0.3 is 6.03 Å². The quantitative estimate of drug-likeness (QED) is 0.689. The molecule has 0 heterocycles. The monoisotopic (exact) mass is 211 g/mol. The highest BCUT2D eigenvalue weighted by Crippen LogP contribution is 2.25. The van der Waals surface area contributed by atoms with Crippen LogP contribution in [-0.4, -0.2) is 11.7 Å². The number of nitrogens with one attached hydrogen (secondary N) is 1. The molecule has 1 unspecified atom stereocenters. The van der Waals surface area contributed by atoms with Crippen molar-refractivity contribution in [3.63, 3.8) is 0 Å². The second kappa shape index (κ2) is 6.43. The Hall–Kier alpha value is -1.06. The maximum atomic E-state index is 10.6. The number of amides is 2. The number of nitrogens with two attached hydrogens (primary N) is 1. The summed E-state index contributed by atoms with van der Waals surface area (Å²) in [7, 11) is 0. The first-order valence-corrected chi connectivity index (χ1v) is 5.86. The Bertz CT molecular complexity index is 238. The summed E-state index contributed by atoms with van der Waals surface area (Å²) in [6.45, 7) is 2.20. The van der Waals surface area contributed by atoms with Crippen LogP contribution in [0.2, 0.25) is 0 Å². The van der Waals surface area contributed by atoms with Gasteiger partial charge in [-0.3, -0.25) is 0 Å². The van der Waals surface area contributed by atoms with E-state index in [1.807, 2.05) is 0 Å². The smallest absolute Gasteiger partial charge is 0.332 e. The molecule has 2 amide bonds. The summed E-state index contributed by atoms with van der Waals surface area (Å²) in [5.41, 5.74) is 8.48. The van der Waals surface area contributed by atoms with Crippen LogP contribution in [0.5, 0.6) is 0 Å². The van der Waals surface area contributed by atoms with Gasteiger partial charge in [0.05, 0.1) is 0 Å². The third-order valence-corrected chi connectivity index (χ3v) is 2.92. The van der Waals surface area contributed by atoms with E-state index in [1.165, 1.54) is 38.5 Å². The lowest BCUT2D eigenvalue weighted by Gasteiger charge is -2.23. The van der Waals surface area contributed by atoms with Crippen LogP contribution in [0.1, 0.15) is 51.9 Å². The molecular formula is C11H21N3O. The van der Waals surface area contributed by atoms with Crippen LogP contribution < -0.4 is 11.2 Å². The van der Waals surface area contributed by atoms with E-state index in [-0.39, 0.29) is 0 Å². The maximum absolute atomic E-state index is 10.6. The third-order valence-electron chi connectivity index (χ3n) is 2.92. The molecule has 0 spiro atoms. The zero-order valence-corrected chi connectivity index (χ0v) is 9.46. The lowest BCUT2D eigenvalue weighted by molar-refractivity contribution is 0.249. The fraction of sp³-hybridized carbons (Fsp3) is 0.818. The fourth-order valence-corrected chi connectivity index (χ4v) is 2.10. The third kappa shape index (κ3) is 4.32. The number of urea groups is 1. The molecule has 0 saturated heterocycles. The molecule has 0 aromatic heterocycles. The maximum Gasteiger partial charge on any atom is 0.332 e. The van der Waals surface area contributed by atoms with Crippen molar-refractivity contribution in [2.24, 2.45) is 16.8 Å². The molecule has 0 aliphatic heterocycles. The molecule has 1 fully saturated rings. The molecule has 1 saturated carbocycles. The molecule has 15 heavy (non-hydrogen) atoms. The minimum absolute atomic E-state index is 0.561. The Morgan fingerprint density at radius 1 is 1.60 bits per heavy atom. The average Bonchev–Trinajstić information content (AvgIpc) is 2.24. The second-order valence-corrected chi connectivity index (χ2v) is 4.16. The van der Waals surface area contributed by atoms with Crippen LogP contribution in [0.3, 0.4) is 0 Å². The van der Waals surface area contributed by atoms with Crippen LogP contribution in [-0.2, 0) is 0 Å². The predicted octanol–water partition coefficient (Wildman–Crippen LogP) is 2.39. The van der Waals surface area contributed by atoms with Crippen molar-refractivity contribution in [2.75, 3.05) is 0 Å². The normalized spacial score (nSPS) is 24.1. The highest BCUT2D eigenvalue weighted by molar-refractivity contribution is 5.88. The second-order valence-electron chi connectivity index (χ2n) is 4.16. The molecule has 4 nitrogen and oxygen atoms in total. The van der Waals surface area contributed by atoms with E-state index in [9.17, 15) is 4.79 Å². The molecule has 0 aromatic rings. The van der Waals surface area contributed by atoms with Crippen LogP contribution >= 0.6 is 0 Å². The molecule has 0 radical (unpaired) electrons. The number of unbranched alkanes of at least 4 members (excludes halogenated alkanes) is 1. The van der Waals surface area contributed by atoms with E-state index in [0.29, 0.717) is 5.92 Å². The van der Waals surface area contributed by atoms with E-state index in [0.717, 1.165) is 12.1 Å². The van der Waals surface area contributed by atoms with E-state index in [4.69, 9.17) is 5.73 Å². The lowest BCUT2D eigenvalue weighted by atomic mass is 9.84. The Morgan fingerprint density at radius 2 is 2.40 bits per heavy atom. The zero-order chi connectivity index (χ0) is 11.1. The predicted molar refractivity (Wildman–Crippen MR) is 61.6 cm³/mol. The summed E-state index contributed by atoms with van der Waals surface area (Å²) < 4.78 is 0. The van der Waals surface area contributed by atoms with Crippen molar-refractivity contribution < 1.29 is 4.79 Å². The first-order valence-electron chi connectivity index (χ1n) is 5.86. The van der Waals surface area contributed by atoms with Crippen molar-refractivity contribution in [1.82, 2.24) is 5.43 Å². The van der Waals surface area contributed by atoms with Crippen LogP contribution in [0, 0.1) is 5.92 Å². The summed E-state index contributed by atoms with van der Waals surface area (Å²) in [6.07, 6.45) is 8.32. The van der Waals surface area contributed by atoms with Crippen molar-refractivity contribution >= 4 is 11.7 Å². The Balaban J connectivity index is 2.48. The van der Waals surface area contributed by atoms with E-state index in [1.54, 1.807) is 0 Å². The van der Waals surface area contributed by atoms with Crippen molar-refractivity contribution in [3.8, 4) is 0 Å². The zero-order valence-electron chi connectivity index (χ0n) is 9.46. The molecule has 4 heteroatoms. The summed E-state index contributed by atoms with van der Waals surface area (Å²) in [5.74, 6) is 0.561. The van der Waals surface area contributed by atoms with Gasteiger partial charge < -0.3 is 5.73 Å². The summed E-state index contributed by atoms with van der Waals surface area (Å²) >= 11 is 0. The largest absolute Gasteiger partial charge is 0.350 e. The minimum atomic E-state index is -0.567. The van der Waals surface area contributed by atoms with Gasteiger partial charge in [0.2, 0.25) is 0 Å². The van der Waals surface area contributed by atoms with Crippen LogP contribution in [0.15, 0.2) is 5.10 Å². The summed E-state index contributed by atoms with van der Waals surface area (Å²) in [5, 5.41) is 4.11. The molecule has 86 valence electrons. The number of hydrogen-bond donors (Lipinski definition) is 2. The van der Waals surface area contributed by atoms with Gasteiger partial charge in [0.1, 0.15) is 0 Å². The van der Waals surface area contributed by atoms with Gasteiger partial charge in [0.15, 0.2) is 0 Å². The molecule has 0 aromatic carbocycles. The number of carbonyl (C=O) groups excluding carboxylic acids is 1. The van der Waals surface area contributed by atoms with E-state index >= 15 is 0 Å². The molecule has 1 aliphatic carbocycles. The van der Waals surface area contributed by atoms with Crippen molar-refractivity contribution in [3.05, 3.63) is 0 Å². The van der Waals surface area contributed by atoms with Gasteiger partial charge in [0.25, 0.3) is 0 Å². The molecular weight excluding hydrogens is 190 g/mol. The van der Waals surface area contributed by atoms with Gasteiger partial charge in [-0.05, 0) is 31.6 Å². The van der Waals surface area contributed by atoms with Crippen molar-refractivity contribution in [2.45, 2.75) is 51.9 Å². The van der Waals surface area contributed by atoms with Crippen LogP contribution in [0.4, 0.5) is 4.79 Å². The molecule has 3 N–H and O–H groups in total. The van der Waals surface area contributed by atoms with Crippen molar-refractivity contribution in [1.29, 1.82) is 0 Å². The number of hydrogen-bond acceptors (Lipinski definition) is 2. The molecule has 0 bridgehead atoms. The first kappa shape index (κ1) is 12.0. The van der Waals surface area contributed by atoms with Gasteiger partial charge in [-0.1, -0.05) is 26.2 Å².